The van der Waals surface area contributed by atoms with Crippen molar-refractivity contribution in [2.45, 2.75) is 0 Å². The Kier molecular flexibility index (Phi) is 3.13. The molecular formula is C17H13FN6. The molecule has 0 saturated heterocycles. The third-order valence-corrected chi connectivity index (χ3v) is 3.73. The highest BCUT2D eigenvalue weighted by atomic mass is 19.1. The van der Waals surface area contributed by atoms with Crippen LogP contribution in [0.4, 0.5) is 10.2 Å². The molecule has 24 heavy (non-hydrogen) atoms. The van der Waals surface area contributed by atoms with Crippen molar-refractivity contribution in [2.75, 3.05) is 11.6 Å². The molecule has 0 aliphatic heterocycles. The maximum Gasteiger partial charge on any atom is 0.186 e. The highest BCUT2D eigenvalue weighted by Crippen LogP contribution is 2.31. The van der Waals surface area contributed by atoms with E-state index in [1.807, 2.05) is 30.3 Å². The first-order chi connectivity index (χ1) is 11.6. The van der Waals surface area contributed by atoms with Crippen molar-refractivity contribution in [3.63, 3.8) is 0 Å². The molecule has 0 radical (unpaired) electrons. The van der Waals surface area contributed by atoms with Crippen LogP contribution in [0.3, 0.4) is 0 Å². The SMILES string of the molecule is Nc1nc(-c2ccccc2)nc2c1c(-c1ccc(F)cc1)nn2N. The van der Waals surface area contributed by atoms with Gasteiger partial charge in [0.1, 0.15) is 17.3 Å². The van der Waals surface area contributed by atoms with Crippen molar-refractivity contribution in [3.8, 4) is 22.6 Å². The number of halogens is 1. The average Bonchev–Trinajstić information content (AvgIpc) is 2.94. The van der Waals surface area contributed by atoms with E-state index in [4.69, 9.17) is 11.6 Å². The van der Waals surface area contributed by atoms with Gasteiger partial charge in [0.25, 0.3) is 0 Å². The monoisotopic (exact) mass is 320 g/mol. The average molecular weight is 320 g/mol. The maximum atomic E-state index is 13.1. The van der Waals surface area contributed by atoms with E-state index in [-0.39, 0.29) is 11.6 Å². The summed E-state index contributed by atoms with van der Waals surface area (Å²) in [6.45, 7) is 0. The number of hydrogen-bond acceptors (Lipinski definition) is 5. The van der Waals surface area contributed by atoms with Gasteiger partial charge in [0.2, 0.25) is 0 Å². The topological polar surface area (TPSA) is 95.6 Å². The maximum absolute atomic E-state index is 13.1. The van der Waals surface area contributed by atoms with Gasteiger partial charge >= 0.3 is 0 Å². The first-order valence-corrected chi connectivity index (χ1v) is 7.26. The van der Waals surface area contributed by atoms with Crippen molar-refractivity contribution in [3.05, 3.63) is 60.4 Å². The van der Waals surface area contributed by atoms with Gasteiger partial charge in [-0.2, -0.15) is 4.79 Å². The minimum atomic E-state index is -0.328. The van der Waals surface area contributed by atoms with Gasteiger partial charge in [-0.3, -0.25) is 0 Å². The zero-order chi connectivity index (χ0) is 16.7. The summed E-state index contributed by atoms with van der Waals surface area (Å²) in [6, 6.07) is 15.4. The van der Waals surface area contributed by atoms with Gasteiger partial charge < -0.3 is 11.6 Å². The Morgan fingerprint density at radius 1 is 0.875 bits per heavy atom. The van der Waals surface area contributed by atoms with E-state index >= 15 is 0 Å². The second-order valence-electron chi connectivity index (χ2n) is 5.30. The van der Waals surface area contributed by atoms with E-state index in [1.54, 1.807) is 12.1 Å². The molecule has 4 aromatic rings. The number of hydrogen-bond donors (Lipinski definition) is 2. The molecular weight excluding hydrogens is 307 g/mol. The Morgan fingerprint density at radius 3 is 2.29 bits per heavy atom. The molecule has 0 saturated carbocycles. The standard InChI is InChI=1S/C17H13FN6/c18-12-8-6-10(7-9-12)14-13-15(19)21-16(11-4-2-1-3-5-11)22-17(13)24(20)23-14/h1-9H,20H2,(H2,19,21,22). The van der Waals surface area contributed by atoms with Gasteiger partial charge in [0.05, 0.1) is 5.39 Å². The molecule has 4 N–H and O–H groups in total. The quantitative estimate of drug-likeness (QED) is 0.553. The van der Waals surface area contributed by atoms with E-state index in [1.165, 1.54) is 16.9 Å². The molecule has 0 atom stereocenters. The second kappa shape index (κ2) is 5.31. The summed E-state index contributed by atoms with van der Waals surface area (Å²) in [5.74, 6) is 6.36. The van der Waals surface area contributed by atoms with Gasteiger partial charge in [-0.25, -0.2) is 14.4 Å². The fourth-order valence-electron chi connectivity index (χ4n) is 2.59. The minimum Gasteiger partial charge on any atom is -0.383 e. The Bertz CT molecular complexity index is 1020. The molecule has 4 rings (SSSR count). The number of anilines is 1. The highest BCUT2D eigenvalue weighted by Gasteiger charge is 2.18. The first-order valence-electron chi connectivity index (χ1n) is 7.26. The number of nitrogens with two attached hydrogens (primary N) is 2. The predicted molar refractivity (Wildman–Crippen MR) is 90.7 cm³/mol. The molecule has 2 aromatic heterocycles. The smallest absolute Gasteiger partial charge is 0.186 e. The predicted octanol–water partition coefficient (Wildman–Crippen LogP) is 2.60. The van der Waals surface area contributed by atoms with E-state index in [0.29, 0.717) is 28.1 Å². The van der Waals surface area contributed by atoms with E-state index in [2.05, 4.69) is 15.1 Å². The van der Waals surface area contributed by atoms with Gasteiger partial charge in [-0.15, -0.1) is 5.10 Å². The third kappa shape index (κ3) is 2.23. The van der Waals surface area contributed by atoms with Crippen LogP contribution in [0.15, 0.2) is 54.6 Å². The van der Waals surface area contributed by atoms with Crippen LogP contribution >= 0.6 is 0 Å². The largest absolute Gasteiger partial charge is 0.383 e. The summed E-state index contributed by atoms with van der Waals surface area (Å²) in [5, 5.41) is 4.82. The van der Waals surface area contributed by atoms with Crippen LogP contribution in [0.1, 0.15) is 0 Å². The number of rotatable bonds is 2. The van der Waals surface area contributed by atoms with Crippen LogP contribution in [0.5, 0.6) is 0 Å². The van der Waals surface area contributed by atoms with Crippen LogP contribution in [0.25, 0.3) is 33.7 Å². The Balaban J connectivity index is 1.95. The van der Waals surface area contributed by atoms with Gasteiger partial charge in [-0.1, -0.05) is 30.3 Å². The fraction of sp³-hybridized carbons (Fsp3) is 0. The van der Waals surface area contributed by atoms with E-state index in [9.17, 15) is 4.39 Å². The van der Waals surface area contributed by atoms with Crippen molar-refractivity contribution < 1.29 is 4.39 Å². The summed E-state index contributed by atoms with van der Waals surface area (Å²) >= 11 is 0. The van der Waals surface area contributed by atoms with Crippen LogP contribution in [-0.2, 0) is 0 Å². The fourth-order valence-corrected chi connectivity index (χ4v) is 2.59. The van der Waals surface area contributed by atoms with Gasteiger partial charge in [0, 0.05) is 11.1 Å². The summed E-state index contributed by atoms with van der Waals surface area (Å²) in [7, 11) is 0. The van der Waals surface area contributed by atoms with Crippen LogP contribution in [0, 0.1) is 5.82 Å². The molecule has 0 fully saturated rings. The molecule has 2 heterocycles. The Hall–Kier alpha value is -3.48. The number of nitrogen functional groups attached to an aromatic ring is 2. The van der Waals surface area contributed by atoms with E-state index < -0.39 is 0 Å². The number of nitrogens with zero attached hydrogens (tertiary/aromatic N) is 4. The summed E-state index contributed by atoms with van der Waals surface area (Å²) in [6.07, 6.45) is 0. The first kappa shape index (κ1) is 14.1. The molecule has 0 amide bonds. The highest BCUT2D eigenvalue weighted by molar-refractivity contribution is 5.99. The molecule has 6 nitrogen and oxygen atoms in total. The zero-order valence-corrected chi connectivity index (χ0v) is 12.5. The third-order valence-electron chi connectivity index (χ3n) is 3.73. The molecule has 2 aromatic carbocycles. The van der Waals surface area contributed by atoms with Crippen LogP contribution in [-0.4, -0.2) is 19.9 Å². The number of aromatic nitrogens is 4. The molecule has 0 aliphatic rings. The lowest BCUT2D eigenvalue weighted by molar-refractivity contribution is 0.628. The lowest BCUT2D eigenvalue weighted by Gasteiger charge is -2.04. The van der Waals surface area contributed by atoms with Crippen LogP contribution < -0.4 is 11.6 Å². The van der Waals surface area contributed by atoms with Crippen molar-refractivity contribution in [2.24, 2.45) is 0 Å². The van der Waals surface area contributed by atoms with E-state index in [0.717, 1.165) is 5.56 Å². The van der Waals surface area contributed by atoms with Crippen molar-refractivity contribution in [1.82, 2.24) is 19.9 Å². The number of fused-ring (bicyclic) bond motifs is 1. The van der Waals surface area contributed by atoms with Crippen molar-refractivity contribution >= 4 is 16.9 Å². The van der Waals surface area contributed by atoms with Gasteiger partial charge in [0.15, 0.2) is 11.5 Å². The molecule has 0 unspecified atom stereocenters. The summed E-state index contributed by atoms with van der Waals surface area (Å²) < 4.78 is 13.1. The molecule has 7 heteroatoms. The summed E-state index contributed by atoms with van der Waals surface area (Å²) in [4.78, 5) is 10.0. The molecule has 0 spiro atoms. The molecule has 118 valence electrons. The normalized spacial score (nSPS) is 11.0. The van der Waals surface area contributed by atoms with Gasteiger partial charge in [-0.05, 0) is 24.3 Å². The minimum absolute atomic E-state index is 0.273. The lowest BCUT2D eigenvalue weighted by atomic mass is 10.1. The lowest BCUT2D eigenvalue weighted by Crippen LogP contribution is -2.11. The van der Waals surface area contributed by atoms with Crippen LogP contribution in [0.2, 0.25) is 0 Å². The Morgan fingerprint density at radius 2 is 1.58 bits per heavy atom. The molecule has 0 bridgehead atoms. The zero-order valence-electron chi connectivity index (χ0n) is 12.5. The Labute approximate surface area is 136 Å². The van der Waals surface area contributed by atoms with Crippen molar-refractivity contribution in [1.29, 1.82) is 0 Å². The second-order valence-corrected chi connectivity index (χ2v) is 5.30. The molecule has 0 aliphatic carbocycles. The number of benzene rings is 2. The summed E-state index contributed by atoms with van der Waals surface area (Å²) in [5.41, 5.74) is 8.59.